The van der Waals surface area contributed by atoms with Crippen LogP contribution < -0.4 is 11.1 Å². The fraction of sp³-hybridized carbons (Fsp3) is 0.667. The fourth-order valence-corrected chi connectivity index (χ4v) is 5.58. The highest BCUT2D eigenvalue weighted by Crippen LogP contribution is 2.57. The SMILES string of the molecule is NCC1(NCc2ccccc2)C2CC3CC(C2)CC1C3. The van der Waals surface area contributed by atoms with E-state index in [1.807, 2.05) is 0 Å². The summed E-state index contributed by atoms with van der Waals surface area (Å²) >= 11 is 0. The third kappa shape index (κ3) is 1.93. The maximum absolute atomic E-state index is 6.29. The Hall–Kier alpha value is -0.860. The highest BCUT2D eigenvalue weighted by molar-refractivity contribution is 5.17. The lowest BCUT2D eigenvalue weighted by molar-refractivity contribution is -0.0700. The molecule has 0 atom stereocenters. The maximum atomic E-state index is 6.29. The molecule has 0 radical (unpaired) electrons. The van der Waals surface area contributed by atoms with Gasteiger partial charge in [-0.05, 0) is 61.3 Å². The van der Waals surface area contributed by atoms with Gasteiger partial charge in [0.05, 0.1) is 0 Å². The molecule has 0 saturated heterocycles. The number of hydrogen-bond acceptors (Lipinski definition) is 2. The molecule has 4 saturated carbocycles. The molecule has 3 N–H and O–H groups in total. The third-order valence-corrected chi connectivity index (χ3v) is 6.40. The van der Waals surface area contributed by atoms with E-state index in [2.05, 4.69) is 35.6 Å². The molecule has 20 heavy (non-hydrogen) atoms. The Morgan fingerprint density at radius 1 is 0.950 bits per heavy atom. The van der Waals surface area contributed by atoms with Gasteiger partial charge in [-0.2, -0.15) is 0 Å². The van der Waals surface area contributed by atoms with Crippen LogP contribution in [0.2, 0.25) is 0 Å². The first-order chi connectivity index (χ1) is 9.80. The quantitative estimate of drug-likeness (QED) is 0.883. The molecule has 1 aromatic carbocycles. The van der Waals surface area contributed by atoms with Crippen LogP contribution >= 0.6 is 0 Å². The molecule has 0 aliphatic heterocycles. The molecular formula is C18H26N2. The summed E-state index contributed by atoms with van der Waals surface area (Å²) in [6.07, 6.45) is 7.20. The summed E-state index contributed by atoms with van der Waals surface area (Å²) in [7, 11) is 0. The standard InChI is InChI=1S/C18H26N2/c19-12-18(20-11-13-4-2-1-3-5-13)16-7-14-6-15(9-16)10-17(18)8-14/h1-5,14-17,20H,6-12,19H2. The number of hydrogen-bond donors (Lipinski definition) is 2. The van der Waals surface area contributed by atoms with Crippen LogP contribution in [0.3, 0.4) is 0 Å². The van der Waals surface area contributed by atoms with Gasteiger partial charge in [-0.3, -0.25) is 0 Å². The Balaban J connectivity index is 1.54. The van der Waals surface area contributed by atoms with Gasteiger partial charge in [0.15, 0.2) is 0 Å². The minimum Gasteiger partial charge on any atom is -0.329 e. The first kappa shape index (κ1) is 12.8. The molecule has 0 heterocycles. The minimum absolute atomic E-state index is 0.225. The lowest BCUT2D eigenvalue weighted by Gasteiger charge is -2.61. The monoisotopic (exact) mass is 270 g/mol. The smallest absolute Gasteiger partial charge is 0.0364 e. The van der Waals surface area contributed by atoms with Crippen molar-refractivity contribution in [2.24, 2.45) is 29.4 Å². The van der Waals surface area contributed by atoms with E-state index in [0.29, 0.717) is 0 Å². The van der Waals surface area contributed by atoms with Crippen LogP contribution in [0.1, 0.15) is 37.7 Å². The Morgan fingerprint density at radius 2 is 1.55 bits per heavy atom. The van der Waals surface area contributed by atoms with Crippen molar-refractivity contribution >= 4 is 0 Å². The molecule has 4 bridgehead atoms. The lowest BCUT2D eigenvalue weighted by atomic mass is 9.48. The predicted molar refractivity (Wildman–Crippen MR) is 82.1 cm³/mol. The van der Waals surface area contributed by atoms with Crippen molar-refractivity contribution in [2.45, 2.75) is 44.2 Å². The Morgan fingerprint density at radius 3 is 2.10 bits per heavy atom. The molecule has 0 spiro atoms. The molecule has 0 aromatic heterocycles. The normalized spacial score (nSPS) is 42.0. The molecule has 2 nitrogen and oxygen atoms in total. The first-order valence-electron chi connectivity index (χ1n) is 8.29. The number of nitrogens with two attached hydrogens (primary N) is 1. The summed E-state index contributed by atoms with van der Waals surface area (Å²) in [6.45, 7) is 1.79. The molecule has 108 valence electrons. The highest BCUT2D eigenvalue weighted by atomic mass is 15.0. The van der Waals surface area contributed by atoms with E-state index in [1.165, 1.54) is 37.7 Å². The average molecular weight is 270 g/mol. The van der Waals surface area contributed by atoms with Crippen molar-refractivity contribution in [1.82, 2.24) is 5.32 Å². The van der Waals surface area contributed by atoms with Gasteiger partial charge in [-0.15, -0.1) is 0 Å². The molecule has 4 aliphatic rings. The summed E-state index contributed by atoms with van der Waals surface area (Å²) in [6, 6.07) is 10.8. The summed E-state index contributed by atoms with van der Waals surface area (Å²) < 4.78 is 0. The first-order valence-corrected chi connectivity index (χ1v) is 8.29. The Labute approximate surface area is 122 Å². The second-order valence-electron chi connectivity index (χ2n) is 7.39. The Bertz CT molecular complexity index is 440. The van der Waals surface area contributed by atoms with Crippen molar-refractivity contribution in [1.29, 1.82) is 0 Å². The fourth-order valence-electron chi connectivity index (χ4n) is 5.58. The zero-order chi connectivity index (χ0) is 13.6. The van der Waals surface area contributed by atoms with Gasteiger partial charge in [0, 0.05) is 18.6 Å². The van der Waals surface area contributed by atoms with Gasteiger partial charge < -0.3 is 11.1 Å². The van der Waals surface area contributed by atoms with Gasteiger partial charge in [0.25, 0.3) is 0 Å². The zero-order valence-electron chi connectivity index (χ0n) is 12.2. The van der Waals surface area contributed by atoms with E-state index < -0.39 is 0 Å². The van der Waals surface area contributed by atoms with Crippen LogP contribution in [0.25, 0.3) is 0 Å². The zero-order valence-corrected chi connectivity index (χ0v) is 12.2. The topological polar surface area (TPSA) is 38.0 Å². The van der Waals surface area contributed by atoms with Crippen molar-refractivity contribution in [3.8, 4) is 0 Å². The molecule has 4 aliphatic carbocycles. The van der Waals surface area contributed by atoms with E-state index in [4.69, 9.17) is 5.73 Å². The lowest BCUT2D eigenvalue weighted by Crippen LogP contribution is -2.68. The van der Waals surface area contributed by atoms with Crippen LogP contribution in [-0.4, -0.2) is 12.1 Å². The van der Waals surface area contributed by atoms with E-state index in [-0.39, 0.29) is 5.54 Å². The van der Waals surface area contributed by atoms with Crippen molar-refractivity contribution in [3.63, 3.8) is 0 Å². The van der Waals surface area contributed by atoms with Crippen molar-refractivity contribution < 1.29 is 0 Å². The van der Waals surface area contributed by atoms with Gasteiger partial charge in [-0.25, -0.2) is 0 Å². The third-order valence-electron chi connectivity index (χ3n) is 6.40. The van der Waals surface area contributed by atoms with Gasteiger partial charge in [0.1, 0.15) is 0 Å². The summed E-state index contributed by atoms with van der Waals surface area (Å²) in [5, 5.41) is 3.92. The highest BCUT2D eigenvalue weighted by Gasteiger charge is 2.56. The molecule has 2 heteroatoms. The van der Waals surface area contributed by atoms with E-state index in [1.54, 1.807) is 0 Å². The molecule has 0 unspecified atom stereocenters. The second-order valence-corrected chi connectivity index (χ2v) is 7.39. The van der Waals surface area contributed by atoms with E-state index >= 15 is 0 Å². The minimum atomic E-state index is 0.225. The number of nitrogens with one attached hydrogen (secondary N) is 1. The molecular weight excluding hydrogens is 244 g/mol. The van der Waals surface area contributed by atoms with Crippen LogP contribution in [0.5, 0.6) is 0 Å². The number of benzene rings is 1. The van der Waals surface area contributed by atoms with Crippen LogP contribution in [0, 0.1) is 23.7 Å². The van der Waals surface area contributed by atoms with Crippen LogP contribution in [0.4, 0.5) is 0 Å². The second kappa shape index (κ2) is 4.85. The molecule has 5 rings (SSSR count). The van der Waals surface area contributed by atoms with E-state index in [0.717, 1.165) is 36.8 Å². The maximum Gasteiger partial charge on any atom is 0.0364 e. The summed E-state index contributed by atoms with van der Waals surface area (Å²) in [5.41, 5.74) is 7.90. The van der Waals surface area contributed by atoms with Crippen LogP contribution in [0.15, 0.2) is 30.3 Å². The van der Waals surface area contributed by atoms with E-state index in [9.17, 15) is 0 Å². The van der Waals surface area contributed by atoms with Gasteiger partial charge in [-0.1, -0.05) is 30.3 Å². The predicted octanol–water partition coefficient (Wildman–Crippen LogP) is 2.93. The van der Waals surface area contributed by atoms with Gasteiger partial charge in [0.2, 0.25) is 0 Å². The van der Waals surface area contributed by atoms with Gasteiger partial charge >= 0.3 is 0 Å². The average Bonchev–Trinajstić information content (AvgIpc) is 2.48. The summed E-state index contributed by atoms with van der Waals surface area (Å²) in [4.78, 5) is 0. The summed E-state index contributed by atoms with van der Waals surface area (Å²) in [5.74, 6) is 3.67. The largest absolute Gasteiger partial charge is 0.329 e. The Kier molecular flexibility index (Phi) is 3.12. The molecule has 4 fully saturated rings. The number of rotatable bonds is 4. The van der Waals surface area contributed by atoms with Crippen molar-refractivity contribution in [3.05, 3.63) is 35.9 Å². The van der Waals surface area contributed by atoms with Crippen LogP contribution in [-0.2, 0) is 6.54 Å². The van der Waals surface area contributed by atoms with Crippen molar-refractivity contribution in [2.75, 3.05) is 6.54 Å². The molecule has 0 amide bonds. The molecule has 1 aromatic rings.